The summed E-state index contributed by atoms with van der Waals surface area (Å²) in [5, 5.41) is 0. The number of rotatable bonds is 6. The molecule has 3 nitrogen and oxygen atoms in total. The standard InChI is InChI=1S/C16H24N2O/c1-3-18(4-2)15(19)11-16(10-14(16)12-17)13-8-6-5-7-9-13/h5-9,14H,3-4,10-12,17H2,1-2H3. The van der Waals surface area contributed by atoms with Gasteiger partial charge in [0.1, 0.15) is 0 Å². The van der Waals surface area contributed by atoms with Crippen molar-refractivity contribution in [1.29, 1.82) is 0 Å². The highest BCUT2D eigenvalue weighted by molar-refractivity contribution is 5.78. The molecule has 1 aromatic rings. The fourth-order valence-corrected chi connectivity index (χ4v) is 3.09. The molecular formula is C16H24N2O. The molecule has 1 fully saturated rings. The quantitative estimate of drug-likeness (QED) is 0.852. The lowest BCUT2D eigenvalue weighted by Gasteiger charge is -2.24. The summed E-state index contributed by atoms with van der Waals surface area (Å²) in [6, 6.07) is 10.4. The van der Waals surface area contributed by atoms with E-state index in [0.717, 1.165) is 19.5 Å². The van der Waals surface area contributed by atoms with Crippen LogP contribution in [0.2, 0.25) is 0 Å². The first-order chi connectivity index (χ1) is 9.17. The summed E-state index contributed by atoms with van der Waals surface area (Å²) in [5.74, 6) is 0.708. The van der Waals surface area contributed by atoms with Crippen LogP contribution in [0, 0.1) is 5.92 Å². The Bertz CT molecular complexity index is 428. The largest absolute Gasteiger partial charge is 0.343 e. The van der Waals surface area contributed by atoms with Crippen molar-refractivity contribution < 1.29 is 4.79 Å². The molecule has 0 saturated heterocycles. The van der Waals surface area contributed by atoms with Crippen molar-refractivity contribution >= 4 is 5.91 Å². The second kappa shape index (κ2) is 5.74. The molecule has 1 aliphatic rings. The first-order valence-corrected chi connectivity index (χ1v) is 7.21. The van der Waals surface area contributed by atoms with Crippen molar-refractivity contribution in [2.24, 2.45) is 11.7 Å². The van der Waals surface area contributed by atoms with E-state index in [4.69, 9.17) is 5.73 Å². The Hall–Kier alpha value is -1.35. The van der Waals surface area contributed by atoms with Gasteiger partial charge >= 0.3 is 0 Å². The lowest BCUT2D eigenvalue weighted by molar-refractivity contribution is -0.131. The molecule has 2 unspecified atom stereocenters. The normalized spacial score (nSPS) is 25.1. The van der Waals surface area contributed by atoms with Gasteiger partial charge in [0.15, 0.2) is 0 Å². The van der Waals surface area contributed by atoms with Crippen molar-refractivity contribution in [3.63, 3.8) is 0 Å². The topological polar surface area (TPSA) is 46.3 Å². The number of carbonyl (C=O) groups excluding carboxylic acids is 1. The van der Waals surface area contributed by atoms with Gasteiger partial charge in [-0.3, -0.25) is 4.79 Å². The molecular weight excluding hydrogens is 236 g/mol. The second-order valence-corrected chi connectivity index (χ2v) is 5.40. The zero-order valence-corrected chi connectivity index (χ0v) is 11.9. The molecule has 2 atom stereocenters. The van der Waals surface area contributed by atoms with Crippen LogP contribution in [0.3, 0.4) is 0 Å². The van der Waals surface area contributed by atoms with Gasteiger partial charge in [0.25, 0.3) is 0 Å². The van der Waals surface area contributed by atoms with Crippen LogP contribution >= 0.6 is 0 Å². The van der Waals surface area contributed by atoms with E-state index >= 15 is 0 Å². The first-order valence-electron chi connectivity index (χ1n) is 7.21. The van der Waals surface area contributed by atoms with E-state index in [-0.39, 0.29) is 11.3 Å². The summed E-state index contributed by atoms with van der Waals surface area (Å²) in [6.45, 7) is 6.30. The van der Waals surface area contributed by atoms with Gasteiger partial charge in [-0.25, -0.2) is 0 Å². The Morgan fingerprint density at radius 3 is 2.42 bits per heavy atom. The van der Waals surface area contributed by atoms with Crippen LogP contribution in [0.25, 0.3) is 0 Å². The summed E-state index contributed by atoms with van der Waals surface area (Å²) in [4.78, 5) is 14.3. The molecule has 0 aliphatic heterocycles. The molecule has 0 aromatic heterocycles. The van der Waals surface area contributed by atoms with Gasteiger partial charge in [0.05, 0.1) is 0 Å². The van der Waals surface area contributed by atoms with Gasteiger partial charge in [-0.2, -0.15) is 0 Å². The van der Waals surface area contributed by atoms with Gasteiger partial charge in [-0.15, -0.1) is 0 Å². The van der Waals surface area contributed by atoms with Gasteiger partial charge in [-0.1, -0.05) is 30.3 Å². The molecule has 0 spiro atoms. The molecule has 1 amide bonds. The average Bonchev–Trinajstić information content (AvgIpc) is 3.15. The molecule has 3 heteroatoms. The Kier molecular flexibility index (Phi) is 4.25. The number of nitrogens with two attached hydrogens (primary N) is 1. The van der Waals surface area contributed by atoms with Gasteiger partial charge < -0.3 is 10.6 Å². The van der Waals surface area contributed by atoms with Crippen LogP contribution < -0.4 is 5.73 Å². The molecule has 0 radical (unpaired) electrons. The molecule has 2 rings (SSSR count). The van der Waals surface area contributed by atoms with E-state index in [1.165, 1.54) is 5.56 Å². The Morgan fingerprint density at radius 1 is 1.32 bits per heavy atom. The summed E-state index contributed by atoms with van der Waals surface area (Å²) in [7, 11) is 0. The van der Waals surface area contributed by atoms with Crippen LogP contribution in [0.1, 0.15) is 32.3 Å². The van der Waals surface area contributed by atoms with Crippen LogP contribution in [-0.2, 0) is 10.2 Å². The Morgan fingerprint density at radius 2 is 1.95 bits per heavy atom. The van der Waals surface area contributed by atoms with Crippen molar-refractivity contribution in [3.8, 4) is 0 Å². The summed E-state index contributed by atoms with van der Waals surface area (Å²) in [6.07, 6.45) is 1.64. The number of hydrogen-bond acceptors (Lipinski definition) is 2. The van der Waals surface area contributed by atoms with Crippen molar-refractivity contribution in [2.75, 3.05) is 19.6 Å². The Balaban J connectivity index is 2.17. The maximum atomic E-state index is 12.4. The smallest absolute Gasteiger partial charge is 0.223 e. The van der Waals surface area contributed by atoms with Crippen LogP contribution in [0.5, 0.6) is 0 Å². The number of benzene rings is 1. The fraction of sp³-hybridized carbons (Fsp3) is 0.562. The highest BCUT2D eigenvalue weighted by Gasteiger charge is 2.55. The minimum Gasteiger partial charge on any atom is -0.343 e. The molecule has 0 bridgehead atoms. The maximum absolute atomic E-state index is 12.4. The van der Waals surface area contributed by atoms with Gasteiger partial charge in [-0.05, 0) is 38.3 Å². The first kappa shape index (κ1) is 14.1. The highest BCUT2D eigenvalue weighted by Crippen LogP contribution is 2.56. The average molecular weight is 260 g/mol. The minimum atomic E-state index is -0.00428. The Labute approximate surface area is 115 Å². The van der Waals surface area contributed by atoms with E-state index in [0.29, 0.717) is 18.9 Å². The van der Waals surface area contributed by atoms with E-state index in [2.05, 4.69) is 12.1 Å². The van der Waals surface area contributed by atoms with Gasteiger partial charge in [0.2, 0.25) is 5.91 Å². The predicted molar refractivity (Wildman–Crippen MR) is 77.8 cm³/mol. The number of amides is 1. The predicted octanol–water partition coefficient (Wildman–Crippen LogP) is 2.16. The van der Waals surface area contributed by atoms with Crippen molar-refractivity contribution in [1.82, 2.24) is 4.90 Å². The van der Waals surface area contributed by atoms with E-state index in [1.807, 2.05) is 36.9 Å². The third-order valence-corrected chi connectivity index (χ3v) is 4.45. The molecule has 1 aromatic carbocycles. The lowest BCUT2D eigenvalue weighted by atomic mass is 9.89. The number of carbonyl (C=O) groups is 1. The molecule has 0 heterocycles. The summed E-state index contributed by atoms with van der Waals surface area (Å²) >= 11 is 0. The highest BCUT2D eigenvalue weighted by atomic mass is 16.2. The maximum Gasteiger partial charge on any atom is 0.223 e. The molecule has 1 saturated carbocycles. The monoisotopic (exact) mass is 260 g/mol. The molecule has 1 aliphatic carbocycles. The van der Waals surface area contributed by atoms with E-state index < -0.39 is 0 Å². The van der Waals surface area contributed by atoms with Crippen molar-refractivity contribution in [3.05, 3.63) is 35.9 Å². The lowest BCUT2D eigenvalue weighted by Crippen LogP contribution is -2.34. The molecule has 104 valence electrons. The second-order valence-electron chi connectivity index (χ2n) is 5.40. The van der Waals surface area contributed by atoms with Crippen LogP contribution in [0.15, 0.2) is 30.3 Å². The zero-order valence-electron chi connectivity index (χ0n) is 11.9. The third kappa shape index (κ3) is 2.66. The number of nitrogens with zero attached hydrogens (tertiary/aromatic N) is 1. The molecule has 19 heavy (non-hydrogen) atoms. The molecule has 2 N–H and O–H groups in total. The summed E-state index contributed by atoms with van der Waals surface area (Å²) < 4.78 is 0. The summed E-state index contributed by atoms with van der Waals surface area (Å²) in [5.41, 5.74) is 7.10. The van der Waals surface area contributed by atoms with Gasteiger partial charge in [0, 0.05) is 24.9 Å². The van der Waals surface area contributed by atoms with Crippen molar-refractivity contribution in [2.45, 2.75) is 32.1 Å². The SMILES string of the molecule is CCN(CC)C(=O)CC1(c2ccccc2)CC1CN. The van der Waals surface area contributed by atoms with E-state index in [1.54, 1.807) is 0 Å². The van der Waals surface area contributed by atoms with E-state index in [9.17, 15) is 4.79 Å². The minimum absolute atomic E-state index is 0.00428. The van der Waals surface area contributed by atoms with Crippen LogP contribution in [-0.4, -0.2) is 30.4 Å². The number of hydrogen-bond donors (Lipinski definition) is 1. The zero-order chi connectivity index (χ0) is 13.9. The fourth-order valence-electron chi connectivity index (χ4n) is 3.09. The van der Waals surface area contributed by atoms with Crippen LogP contribution in [0.4, 0.5) is 0 Å². The third-order valence-electron chi connectivity index (χ3n) is 4.45.